The molecule has 1 atom stereocenters. The number of rotatable bonds is 6. The van der Waals surface area contributed by atoms with Gasteiger partial charge >= 0.3 is 0 Å². The van der Waals surface area contributed by atoms with E-state index in [0.29, 0.717) is 23.4 Å². The van der Waals surface area contributed by atoms with Crippen molar-refractivity contribution in [2.45, 2.75) is 13.0 Å². The number of hydrogen-bond acceptors (Lipinski definition) is 6. The van der Waals surface area contributed by atoms with Crippen LogP contribution in [0.2, 0.25) is 5.02 Å². The molecule has 0 aromatic heterocycles. The van der Waals surface area contributed by atoms with Gasteiger partial charge in [0.25, 0.3) is 11.7 Å². The summed E-state index contributed by atoms with van der Waals surface area (Å²) in [5.41, 5.74) is 1.64. The molecule has 1 amide bonds. The zero-order chi connectivity index (χ0) is 22.9. The fourth-order valence-corrected chi connectivity index (χ4v) is 3.80. The van der Waals surface area contributed by atoms with Gasteiger partial charge in [-0.3, -0.25) is 9.59 Å². The summed E-state index contributed by atoms with van der Waals surface area (Å²) in [6.45, 7) is 2.63. The van der Waals surface area contributed by atoms with Crippen LogP contribution in [0.3, 0.4) is 0 Å². The number of amides is 1. The Balaban J connectivity index is 2.23. The molecule has 1 aliphatic heterocycles. The SMILES string of the molecule is COc1ccc(C)cc1/C(O)=C1\C(=O)C(=O)N(CCN(C)C)C1c1ccc(O)c(Cl)c1. The summed E-state index contributed by atoms with van der Waals surface area (Å²) in [5, 5.41) is 21.1. The molecule has 0 saturated carbocycles. The smallest absolute Gasteiger partial charge is 0.295 e. The fourth-order valence-electron chi connectivity index (χ4n) is 3.61. The first-order valence-corrected chi connectivity index (χ1v) is 10.1. The summed E-state index contributed by atoms with van der Waals surface area (Å²) in [6, 6.07) is 8.84. The van der Waals surface area contributed by atoms with E-state index in [1.165, 1.54) is 24.1 Å². The van der Waals surface area contributed by atoms with Crippen LogP contribution in [0.25, 0.3) is 5.76 Å². The van der Waals surface area contributed by atoms with Gasteiger partial charge in [-0.1, -0.05) is 29.3 Å². The highest BCUT2D eigenvalue weighted by Gasteiger charge is 2.46. The van der Waals surface area contributed by atoms with Crippen LogP contribution in [0.4, 0.5) is 0 Å². The van der Waals surface area contributed by atoms with Crippen molar-refractivity contribution in [1.29, 1.82) is 0 Å². The van der Waals surface area contributed by atoms with E-state index in [2.05, 4.69) is 0 Å². The number of Topliss-reactive ketones (excluding diaryl/α,β-unsaturated/α-hetero) is 1. The molecule has 2 aromatic carbocycles. The first kappa shape index (κ1) is 22.7. The molecule has 1 heterocycles. The maximum Gasteiger partial charge on any atom is 0.295 e. The molecule has 1 aliphatic rings. The number of ketones is 1. The van der Waals surface area contributed by atoms with Crippen LogP contribution < -0.4 is 4.74 Å². The lowest BCUT2D eigenvalue weighted by Gasteiger charge is -2.27. The van der Waals surface area contributed by atoms with Crippen molar-refractivity contribution in [3.05, 3.63) is 63.7 Å². The Morgan fingerprint density at radius 2 is 1.90 bits per heavy atom. The van der Waals surface area contributed by atoms with Crippen LogP contribution in [0, 0.1) is 6.92 Å². The third-order valence-electron chi connectivity index (χ3n) is 5.23. The second-order valence-electron chi connectivity index (χ2n) is 7.71. The van der Waals surface area contributed by atoms with Gasteiger partial charge in [0.15, 0.2) is 0 Å². The molecule has 2 aromatic rings. The molecule has 8 heteroatoms. The number of aryl methyl sites for hydroxylation is 1. The van der Waals surface area contributed by atoms with Gasteiger partial charge in [0, 0.05) is 13.1 Å². The fraction of sp³-hybridized carbons (Fsp3) is 0.304. The maximum atomic E-state index is 13.0. The second-order valence-corrected chi connectivity index (χ2v) is 8.12. The molecule has 0 radical (unpaired) electrons. The van der Waals surface area contributed by atoms with E-state index >= 15 is 0 Å². The number of likely N-dealkylation sites (N-methyl/N-ethyl adjacent to an activating group) is 1. The van der Waals surface area contributed by atoms with E-state index < -0.39 is 17.7 Å². The monoisotopic (exact) mass is 444 g/mol. The van der Waals surface area contributed by atoms with Gasteiger partial charge in [-0.15, -0.1) is 0 Å². The summed E-state index contributed by atoms with van der Waals surface area (Å²) in [5.74, 6) is -1.54. The molecular weight excluding hydrogens is 420 g/mol. The normalized spacial score (nSPS) is 18.1. The third-order valence-corrected chi connectivity index (χ3v) is 5.53. The summed E-state index contributed by atoms with van der Waals surface area (Å²) >= 11 is 6.11. The molecule has 0 spiro atoms. The van der Waals surface area contributed by atoms with E-state index in [1.807, 2.05) is 32.0 Å². The Hall–Kier alpha value is -3.03. The van der Waals surface area contributed by atoms with E-state index in [1.54, 1.807) is 18.2 Å². The highest BCUT2D eigenvalue weighted by atomic mass is 35.5. The van der Waals surface area contributed by atoms with Crippen molar-refractivity contribution in [3.8, 4) is 11.5 Å². The predicted octanol–water partition coefficient (Wildman–Crippen LogP) is 3.35. The average Bonchev–Trinajstić information content (AvgIpc) is 2.98. The molecule has 3 rings (SSSR count). The highest BCUT2D eigenvalue weighted by molar-refractivity contribution is 6.46. The number of ether oxygens (including phenoxy) is 1. The minimum atomic E-state index is -0.858. The van der Waals surface area contributed by atoms with Gasteiger partial charge in [-0.05, 0) is 50.8 Å². The van der Waals surface area contributed by atoms with Gasteiger partial charge in [0.1, 0.15) is 17.3 Å². The van der Waals surface area contributed by atoms with Crippen LogP contribution >= 0.6 is 11.6 Å². The van der Waals surface area contributed by atoms with Crippen molar-refractivity contribution >= 4 is 29.1 Å². The number of phenols is 1. The lowest BCUT2D eigenvalue weighted by Crippen LogP contribution is -2.35. The summed E-state index contributed by atoms with van der Waals surface area (Å²) in [7, 11) is 5.19. The van der Waals surface area contributed by atoms with E-state index in [4.69, 9.17) is 16.3 Å². The first-order valence-electron chi connectivity index (χ1n) is 9.72. The number of carbonyl (C=O) groups is 2. The Bertz CT molecular complexity index is 1060. The number of nitrogens with zero attached hydrogens (tertiary/aromatic N) is 2. The van der Waals surface area contributed by atoms with E-state index in [0.717, 1.165) is 5.56 Å². The molecule has 0 aliphatic carbocycles. The van der Waals surface area contributed by atoms with Gasteiger partial charge < -0.3 is 24.7 Å². The lowest BCUT2D eigenvalue weighted by molar-refractivity contribution is -0.140. The number of phenolic OH excluding ortho intramolecular Hbond substituents is 1. The van der Waals surface area contributed by atoms with Gasteiger partial charge in [0.2, 0.25) is 0 Å². The zero-order valence-electron chi connectivity index (χ0n) is 17.8. The Labute approximate surface area is 186 Å². The number of hydrogen-bond donors (Lipinski definition) is 2. The predicted molar refractivity (Wildman–Crippen MR) is 118 cm³/mol. The first-order chi connectivity index (χ1) is 14.6. The molecule has 0 bridgehead atoms. The van der Waals surface area contributed by atoms with Crippen molar-refractivity contribution in [2.24, 2.45) is 0 Å². The van der Waals surface area contributed by atoms with Crippen molar-refractivity contribution in [1.82, 2.24) is 9.80 Å². The second kappa shape index (κ2) is 8.99. The quantitative estimate of drug-likeness (QED) is 0.403. The van der Waals surface area contributed by atoms with Crippen LogP contribution in [0.5, 0.6) is 11.5 Å². The lowest BCUT2D eigenvalue weighted by atomic mass is 9.94. The summed E-state index contributed by atoms with van der Waals surface area (Å²) in [4.78, 5) is 29.3. The minimum Gasteiger partial charge on any atom is -0.507 e. The summed E-state index contributed by atoms with van der Waals surface area (Å²) < 4.78 is 5.36. The van der Waals surface area contributed by atoms with E-state index in [9.17, 15) is 19.8 Å². The Morgan fingerprint density at radius 3 is 2.52 bits per heavy atom. The zero-order valence-corrected chi connectivity index (χ0v) is 18.6. The van der Waals surface area contributed by atoms with Crippen molar-refractivity contribution < 1.29 is 24.5 Å². The van der Waals surface area contributed by atoms with Gasteiger partial charge in [-0.2, -0.15) is 0 Å². The number of benzene rings is 2. The molecule has 7 nitrogen and oxygen atoms in total. The van der Waals surface area contributed by atoms with Gasteiger partial charge in [-0.25, -0.2) is 0 Å². The minimum absolute atomic E-state index is 0.0468. The van der Waals surface area contributed by atoms with Crippen molar-refractivity contribution in [3.63, 3.8) is 0 Å². The number of aromatic hydroxyl groups is 1. The molecule has 2 N–H and O–H groups in total. The van der Waals surface area contributed by atoms with Crippen molar-refractivity contribution in [2.75, 3.05) is 34.3 Å². The van der Waals surface area contributed by atoms with Crippen LogP contribution in [-0.2, 0) is 9.59 Å². The number of halogens is 1. The van der Waals surface area contributed by atoms with Crippen LogP contribution in [-0.4, -0.2) is 66.0 Å². The van der Waals surface area contributed by atoms with Crippen LogP contribution in [0.1, 0.15) is 22.7 Å². The molecule has 1 saturated heterocycles. The Kier molecular flexibility index (Phi) is 6.57. The highest BCUT2D eigenvalue weighted by Crippen LogP contribution is 2.42. The summed E-state index contributed by atoms with van der Waals surface area (Å²) in [6.07, 6.45) is 0. The maximum absolute atomic E-state index is 13.0. The topological polar surface area (TPSA) is 90.3 Å². The standard InChI is InChI=1S/C23H25ClN2O5/c1-13-5-8-18(31-4)15(11-13)21(28)19-20(14-6-7-17(27)16(24)12-14)26(10-9-25(2)3)23(30)22(19)29/h5-8,11-12,20,27-28H,9-10H2,1-4H3/b21-19+. The van der Waals surface area contributed by atoms with Crippen LogP contribution in [0.15, 0.2) is 42.0 Å². The third kappa shape index (κ3) is 4.38. The van der Waals surface area contributed by atoms with E-state index in [-0.39, 0.29) is 28.6 Å². The average molecular weight is 445 g/mol. The number of aliphatic hydroxyl groups excluding tert-OH is 1. The molecule has 1 unspecified atom stereocenters. The number of likely N-dealkylation sites (tertiary alicyclic amines) is 1. The number of methoxy groups -OCH3 is 1. The molecule has 1 fully saturated rings. The molecular formula is C23H25ClN2O5. The molecule has 31 heavy (non-hydrogen) atoms. The number of aliphatic hydroxyl groups is 1. The largest absolute Gasteiger partial charge is 0.507 e. The Morgan fingerprint density at radius 1 is 1.19 bits per heavy atom. The molecule has 164 valence electrons. The number of carbonyl (C=O) groups excluding carboxylic acids is 2. The van der Waals surface area contributed by atoms with Gasteiger partial charge in [0.05, 0.1) is 29.3 Å².